The van der Waals surface area contributed by atoms with Crippen molar-refractivity contribution in [3.63, 3.8) is 0 Å². The van der Waals surface area contributed by atoms with Gasteiger partial charge in [0.05, 0.1) is 19.6 Å². The van der Waals surface area contributed by atoms with Crippen LogP contribution in [0.2, 0.25) is 0 Å². The third-order valence-corrected chi connectivity index (χ3v) is 4.45. The predicted octanol–water partition coefficient (Wildman–Crippen LogP) is 1.75. The standard InChI is InChI=1S/C19H24N2O3/c22-13-12-20-8-10-21(11-9-20)19(23)7-14-24-18-6-5-16-3-1-2-4-17(16)15-18/h1-6,15,22H,7-14H2. The molecule has 1 saturated heterocycles. The van der Waals surface area contributed by atoms with Crippen molar-refractivity contribution in [3.05, 3.63) is 42.5 Å². The molecule has 2 aromatic rings. The Morgan fingerprint density at radius 2 is 1.79 bits per heavy atom. The van der Waals surface area contributed by atoms with Crippen LogP contribution in [-0.2, 0) is 4.79 Å². The molecule has 1 N–H and O–H groups in total. The van der Waals surface area contributed by atoms with Crippen molar-refractivity contribution in [1.29, 1.82) is 0 Å². The summed E-state index contributed by atoms with van der Waals surface area (Å²) < 4.78 is 5.74. The highest BCUT2D eigenvalue weighted by Gasteiger charge is 2.20. The van der Waals surface area contributed by atoms with Gasteiger partial charge in [0.1, 0.15) is 5.75 Å². The molecular weight excluding hydrogens is 304 g/mol. The summed E-state index contributed by atoms with van der Waals surface area (Å²) >= 11 is 0. The van der Waals surface area contributed by atoms with Crippen LogP contribution in [0.3, 0.4) is 0 Å². The third-order valence-electron chi connectivity index (χ3n) is 4.45. The van der Waals surface area contributed by atoms with Gasteiger partial charge in [0.25, 0.3) is 0 Å². The molecule has 0 radical (unpaired) electrons. The summed E-state index contributed by atoms with van der Waals surface area (Å²) in [5, 5.41) is 11.3. The molecule has 1 aliphatic rings. The molecule has 0 aromatic heterocycles. The second-order valence-corrected chi connectivity index (χ2v) is 6.05. The Hall–Kier alpha value is -2.11. The maximum atomic E-state index is 12.2. The lowest BCUT2D eigenvalue weighted by Crippen LogP contribution is -2.49. The lowest BCUT2D eigenvalue weighted by molar-refractivity contribution is -0.133. The molecule has 5 nitrogen and oxygen atoms in total. The summed E-state index contributed by atoms with van der Waals surface area (Å²) in [6.45, 7) is 4.38. The fourth-order valence-corrected chi connectivity index (χ4v) is 3.03. The zero-order valence-electron chi connectivity index (χ0n) is 13.9. The Balaban J connectivity index is 1.44. The van der Waals surface area contributed by atoms with Gasteiger partial charge in [-0.05, 0) is 22.9 Å². The van der Waals surface area contributed by atoms with Gasteiger partial charge in [0.15, 0.2) is 0 Å². The zero-order valence-corrected chi connectivity index (χ0v) is 13.9. The lowest BCUT2D eigenvalue weighted by Gasteiger charge is -2.34. The van der Waals surface area contributed by atoms with Crippen LogP contribution in [0, 0.1) is 0 Å². The maximum Gasteiger partial charge on any atom is 0.226 e. The van der Waals surface area contributed by atoms with Crippen LogP contribution in [0.5, 0.6) is 5.75 Å². The molecule has 5 heteroatoms. The van der Waals surface area contributed by atoms with Crippen molar-refractivity contribution >= 4 is 16.7 Å². The number of aliphatic hydroxyl groups excluding tert-OH is 1. The second kappa shape index (κ2) is 8.13. The number of fused-ring (bicyclic) bond motifs is 1. The number of hydrogen-bond donors (Lipinski definition) is 1. The Labute approximate surface area is 142 Å². The molecule has 0 aliphatic carbocycles. The first kappa shape index (κ1) is 16.7. The summed E-state index contributed by atoms with van der Waals surface area (Å²) in [7, 11) is 0. The fraction of sp³-hybridized carbons (Fsp3) is 0.421. The van der Waals surface area contributed by atoms with Gasteiger partial charge in [-0.25, -0.2) is 0 Å². The largest absolute Gasteiger partial charge is 0.493 e. The first-order valence-corrected chi connectivity index (χ1v) is 8.49. The van der Waals surface area contributed by atoms with E-state index in [4.69, 9.17) is 9.84 Å². The monoisotopic (exact) mass is 328 g/mol. The molecule has 2 aromatic carbocycles. The van der Waals surface area contributed by atoms with E-state index in [1.165, 1.54) is 5.39 Å². The maximum absolute atomic E-state index is 12.2. The number of aliphatic hydroxyl groups is 1. The summed E-state index contributed by atoms with van der Waals surface area (Å²) in [4.78, 5) is 16.3. The molecule has 1 aliphatic heterocycles. The number of hydrogen-bond acceptors (Lipinski definition) is 4. The van der Waals surface area contributed by atoms with Gasteiger partial charge in [-0.1, -0.05) is 30.3 Å². The number of ether oxygens (including phenoxy) is 1. The molecular formula is C19H24N2O3. The third kappa shape index (κ3) is 4.24. The van der Waals surface area contributed by atoms with E-state index in [9.17, 15) is 4.79 Å². The topological polar surface area (TPSA) is 53.0 Å². The van der Waals surface area contributed by atoms with Gasteiger partial charge >= 0.3 is 0 Å². The number of nitrogens with zero attached hydrogens (tertiary/aromatic N) is 2. The number of carbonyl (C=O) groups is 1. The van der Waals surface area contributed by atoms with Crippen molar-refractivity contribution in [2.75, 3.05) is 45.9 Å². The highest BCUT2D eigenvalue weighted by Crippen LogP contribution is 2.20. The van der Waals surface area contributed by atoms with E-state index in [0.717, 1.165) is 37.3 Å². The van der Waals surface area contributed by atoms with Crippen molar-refractivity contribution in [1.82, 2.24) is 9.80 Å². The van der Waals surface area contributed by atoms with Gasteiger partial charge in [0, 0.05) is 32.7 Å². The van der Waals surface area contributed by atoms with Gasteiger partial charge in [-0.3, -0.25) is 9.69 Å². The van der Waals surface area contributed by atoms with Crippen LogP contribution in [0.25, 0.3) is 10.8 Å². The Kier molecular flexibility index (Phi) is 5.67. The molecule has 0 spiro atoms. The Morgan fingerprint density at radius 1 is 1.04 bits per heavy atom. The van der Waals surface area contributed by atoms with Gasteiger partial charge < -0.3 is 14.7 Å². The zero-order chi connectivity index (χ0) is 16.8. The van der Waals surface area contributed by atoms with Crippen LogP contribution in [-0.4, -0.2) is 66.8 Å². The van der Waals surface area contributed by atoms with Crippen molar-refractivity contribution < 1.29 is 14.6 Å². The van der Waals surface area contributed by atoms with Gasteiger partial charge in [-0.15, -0.1) is 0 Å². The lowest BCUT2D eigenvalue weighted by atomic mass is 10.1. The van der Waals surface area contributed by atoms with E-state index in [2.05, 4.69) is 17.0 Å². The summed E-state index contributed by atoms with van der Waals surface area (Å²) in [6, 6.07) is 14.1. The molecule has 24 heavy (non-hydrogen) atoms. The molecule has 0 atom stereocenters. The van der Waals surface area contributed by atoms with Crippen LogP contribution in [0.4, 0.5) is 0 Å². The van der Waals surface area contributed by atoms with Gasteiger partial charge in [0.2, 0.25) is 5.91 Å². The fourth-order valence-electron chi connectivity index (χ4n) is 3.03. The minimum Gasteiger partial charge on any atom is -0.493 e. The summed E-state index contributed by atoms with van der Waals surface area (Å²) in [5.41, 5.74) is 0. The van der Waals surface area contributed by atoms with E-state index in [-0.39, 0.29) is 12.5 Å². The molecule has 1 heterocycles. The van der Waals surface area contributed by atoms with E-state index in [1.54, 1.807) is 0 Å². The average Bonchev–Trinajstić information content (AvgIpc) is 2.62. The highest BCUT2D eigenvalue weighted by atomic mass is 16.5. The molecule has 1 fully saturated rings. The number of piperazine rings is 1. The van der Waals surface area contributed by atoms with E-state index >= 15 is 0 Å². The smallest absolute Gasteiger partial charge is 0.226 e. The number of amides is 1. The first-order chi connectivity index (χ1) is 11.8. The predicted molar refractivity (Wildman–Crippen MR) is 94.2 cm³/mol. The van der Waals surface area contributed by atoms with Crippen molar-refractivity contribution in [2.24, 2.45) is 0 Å². The van der Waals surface area contributed by atoms with E-state index in [1.807, 2.05) is 35.2 Å². The van der Waals surface area contributed by atoms with Crippen LogP contribution in [0.15, 0.2) is 42.5 Å². The SMILES string of the molecule is O=C(CCOc1ccc2ccccc2c1)N1CCN(CCO)CC1. The molecule has 0 bridgehead atoms. The number of carbonyl (C=O) groups excluding carboxylic acids is 1. The van der Waals surface area contributed by atoms with E-state index < -0.39 is 0 Å². The number of benzene rings is 2. The van der Waals surface area contributed by atoms with E-state index in [0.29, 0.717) is 19.6 Å². The summed E-state index contributed by atoms with van der Waals surface area (Å²) in [5.74, 6) is 0.939. The highest BCUT2D eigenvalue weighted by molar-refractivity contribution is 5.83. The molecule has 0 saturated carbocycles. The van der Waals surface area contributed by atoms with Crippen LogP contribution < -0.4 is 4.74 Å². The Morgan fingerprint density at radius 3 is 2.54 bits per heavy atom. The molecule has 0 unspecified atom stereocenters. The number of β-amino-alcohol motifs (C(OH)–C–C–N with tert-alkyl or cyclic N) is 1. The molecule has 128 valence electrons. The van der Waals surface area contributed by atoms with Crippen molar-refractivity contribution in [3.8, 4) is 5.75 Å². The summed E-state index contributed by atoms with van der Waals surface area (Å²) in [6.07, 6.45) is 0.396. The molecule has 1 amide bonds. The normalized spacial score (nSPS) is 15.6. The van der Waals surface area contributed by atoms with Crippen molar-refractivity contribution in [2.45, 2.75) is 6.42 Å². The van der Waals surface area contributed by atoms with Crippen LogP contribution >= 0.6 is 0 Å². The first-order valence-electron chi connectivity index (χ1n) is 8.49. The van der Waals surface area contributed by atoms with Gasteiger partial charge in [-0.2, -0.15) is 0 Å². The minimum atomic E-state index is 0.138. The quantitative estimate of drug-likeness (QED) is 0.878. The number of rotatable bonds is 6. The average molecular weight is 328 g/mol. The minimum absolute atomic E-state index is 0.138. The molecule has 3 rings (SSSR count). The Bertz CT molecular complexity index is 681. The van der Waals surface area contributed by atoms with Crippen LogP contribution in [0.1, 0.15) is 6.42 Å². The second-order valence-electron chi connectivity index (χ2n) is 6.05.